The van der Waals surface area contributed by atoms with E-state index in [1.165, 1.54) is 5.56 Å². The lowest BCUT2D eigenvalue weighted by atomic mass is 9.77. The molecule has 6 aromatic rings. The average molecular weight is 663 g/mol. The Labute approximate surface area is 293 Å². The lowest BCUT2D eigenvalue weighted by molar-refractivity contribution is -0.121. The summed E-state index contributed by atoms with van der Waals surface area (Å²) in [5.41, 5.74) is 5.32. The predicted octanol–water partition coefficient (Wildman–Crippen LogP) is 5.86. The Kier molecular flexibility index (Phi) is 8.87. The van der Waals surface area contributed by atoms with E-state index in [-0.39, 0.29) is 24.3 Å². The molecule has 8 nitrogen and oxygen atoms in total. The molecule has 0 unspecified atom stereocenters. The second-order valence-corrected chi connectivity index (χ2v) is 13.4. The number of aromatic nitrogens is 3. The van der Waals surface area contributed by atoms with Gasteiger partial charge in [0.05, 0.1) is 36.2 Å². The minimum absolute atomic E-state index is 0.0268. The van der Waals surface area contributed by atoms with Crippen molar-refractivity contribution in [1.29, 1.82) is 0 Å². The highest BCUT2D eigenvalue weighted by Crippen LogP contribution is 2.44. The third-order valence-corrected chi connectivity index (χ3v) is 10.2. The Morgan fingerprint density at radius 3 is 1.94 bits per heavy atom. The van der Waals surface area contributed by atoms with Gasteiger partial charge in [-0.2, -0.15) is 5.10 Å². The maximum Gasteiger partial charge on any atom is 0.226 e. The average Bonchev–Trinajstić information content (AvgIpc) is 3.74. The topological polar surface area (TPSA) is 75.5 Å². The van der Waals surface area contributed by atoms with Gasteiger partial charge in [-0.1, -0.05) is 121 Å². The number of pyridine rings is 1. The van der Waals surface area contributed by atoms with Crippen molar-refractivity contribution in [2.45, 2.75) is 23.9 Å². The molecule has 0 saturated carbocycles. The number of hydrogen-bond acceptors (Lipinski definition) is 6. The van der Waals surface area contributed by atoms with Crippen LogP contribution in [0, 0.1) is 0 Å². The molecule has 8 rings (SSSR count). The van der Waals surface area contributed by atoms with E-state index in [4.69, 9.17) is 14.8 Å². The first-order chi connectivity index (χ1) is 24.6. The molecule has 1 amide bonds. The number of likely N-dealkylation sites (N-methyl/N-ethyl adjacent to an activating group) is 1. The smallest absolute Gasteiger partial charge is 0.226 e. The summed E-state index contributed by atoms with van der Waals surface area (Å²) in [7, 11) is 2.11. The number of morpholine rings is 1. The summed E-state index contributed by atoms with van der Waals surface area (Å²) in [6, 6.07) is 44.4. The summed E-state index contributed by atoms with van der Waals surface area (Å²) in [6.07, 6.45) is 2.08. The minimum atomic E-state index is -0.815. The fourth-order valence-corrected chi connectivity index (χ4v) is 7.91. The fraction of sp³-hybridized carbons (Fsp3) is 0.262. The summed E-state index contributed by atoms with van der Waals surface area (Å²) in [5, 5.41) is 9.83. The number of carbonyl (C=O) groups is 1. The summed E-state index contributed by atoms with van der Waals surface area (Å²) in [6.45, 7) is 4.47. The molecule has 1 N–H and O–H groups in total. The van der Waals surface area contributed by atoms with E-state index in [9.17, 15) is 4.79 Å². The molecule has 4 heterocycles. The van der Waals surface area contributed by atoms with E-state index >= 15 is 0 Å². The maximum absolute atomic E-state index is 13.8. The molecule has 2 aliphatic rings. The molecule has 0 aliphatic carbocycles. The third kappa shape index (κ3) is 5.95. The summed E-state index contributed by atoms with van der Waals surface area (Å²) in [4.78, 5) is 23.3. The van der Waals surface area contributed by atoms with Gasteiger partial charge in [0.15, 0.2) is 5.82 Å². The van der Waals surface area contributed by atoms with E-state index in [1.54, 1.807) is 0 Å². The monoisotopic (exact) mass is 662 g/mol. The Morgan fingerprint density at radius 2 is 1.36 bits per heavy atom. The molecule has 4 aromatic carbocycles. The van der Waals surface area contributed by atoms with Crippen LogP contribution in [0.3, 0.4) is 0 Å². The van der Waals surface area contributed by atoms with E-state index in [2.05, 4.69) is 148 Å². The van der Waals surface area contributed by atoms with E-state index < -0.39 is 5.54 Å². The molecule has 2 atom stereocenters. The number of fused-ring (bicyclic) bond motifs is 1. The van der Waals surface area contributed by atoms with Gasteiger partial charge in [0.2, 0.25) is 5.91 Å². The van der Waals surface area contributed by atoms with Crippen LogP contribution in [0.25, 0.3) is 10.9 Å². The van der Waals surface area contributed by atoms with Crippen molar-refractivity contribution >= 4 is 22.6 Å². The van der Waals surface area contributed by atoms with E-state index in [0.29, 0.717) is 18.9 Å². The number of likely N-dealkylation sites (tertiary alicyclic amines) is 1. The summed E-state index contributed by atoms with van der Waals surface area (Å²) in [5.74, 6) is 1.08. The Bertz CT molecular complexity index is 1950. The quantitative estimate of drug-likeness (QED) is 0.196. The Morgan fingerprint density at radius 1 is 0.800 bits per heavy atom. The van der Waals surface area contributed by atoms with Crippen molar-refractivity contribution < 1.29 is 9.53 Å². The molecule has 50 heavy (non-hydrogen) atoms. The predicted molar refractivity (Wildman–Crippen MR) is 197 cm³/mol. The first-order valence-corrected chi connectivity index (χ1v) is 17.5. The second-order valence-electron chi connectivity index (χ2n) is 13.4. The van der Waals surface area contributed by atoms with Gasteiger partial charge in [0, 0.05) is 44.3 Å². The Hall–Kier alpha value is -5.31. The molecular weight excluding hydrogens is 621 g/mol. The van der Waals surface area contributed by atoms with Crippen LogP contribution >= 0.6 is 0 Å². The van der Waals surface area contributed by atoms with Crippen molar-refractivity contribution in [2.24, 2.45) is 0 Å². The molecular formula is C42H42N6O2. The zero-order valence-corrected chi connectivity index (χ0v) is 28.4. The minimum Gasteiger partial charge on any atom is -0.378 e. The third-order valence-electron chi connectivity index (χ3n) is 10.2. The number of amides is 1. The van der Waals surface area contributed by atoms with Crippen LogP contribution < -0.4 is 10.2 Å². The molecule has 0 bridgehead atoms. The standard InChI is InChI=1S/C42H42N6O2/c1-46-29-37(31-14-6-2-7-15-31)38(30-46)44-40(49)27-35-26-39-36(28-43-35)41(47-22-24-50-25-23-47)45-48(39)42(32-16-8-3-9-17-32,33-18-10-4-11-19-33)34-20-12-5-13-21-34/h2-21,26,28,37-38H,22-25,27,29-30H2,1H3,(H,44,49)/t37-,38+/m1/s1. The maximum atomic E-state index is 13.8. The van der Waals surface area contributed by atoms with Crippen LogP contribution in [-0.4, -0.2) is 78.1 Å². The highest BCUT2D eigenvalue weighted by atomic mass is 16.5. The van der Waals surface area contributed by atoms with Crippen molar-refractivity contribution in [3.05, 3.63) is 162 Å². The van der Waals surface area contributed by atoms with Gasteiger partial charge >= 0.3 is 0 Å². The molecule has 2 fully saturated rings. The van der Waals surface area contributed by atoms with Crippen molar-refractivity contribution in [3.63, 3.8) is 0 Å². The van der Waals surface area contributed by atoms with Crippen LogP contribution in [-0.2, 0) is 21.5 Å². The number of anilines is 1. The largest absolute Gasteiger partial charge is 0.378 e. The van der Waals surface area contributed by atoms with Gasteiger partial charge in [-0.15, -0.1) is 0 Å². The number of rotatable bonds is 9. The highest BCUT2D eigenvalue weighted by molar-refractivity contribution is 5.92. The first-order valence-electron chi connectivity index (χ1n) is 17.5. The summed E-state index contributed by atoms with van der Waals surface area (Å²) >= 11 is 0. The zero-order valence-electron chi connectivity index (χ0n) is 28.4. The number of nitrogens with zero attached hydrogens (tertiary/aromatic N) is 5. The molecule has 252 valence electrons. The Balaban J connectivity index is 1.25. The zero-order chi connectivity index (χ0) is 33.9. The van der Waals surface area contributed by atoms with Crippen LogP contribution in [0.1, 0.15) is 33.9 Å². The van der Waals surface area contributed by atoms with Crippen molar-refractivity contribution in [1.82, 2.24) is 25.0 Å². The van der Waals surface area contributed by atoms with Gasteiger partial charge in [-0.3, -0.25) is 9.78 Å². The first kappa shape index (κ1) is 31.9. The number of hydrogen-bond donors (Lipinski definition) is 1. The van der Waals surface area contributed by atoms with Crippen LogP contribution in [0.4, 0.5) is 5.82 Å². The van der Waals surface area contributed by atoms with Crippen molar-refractivity contribution in [2.75, 3.05) is 51.3 Å². The lowest BCUT2D eigenvalue weighted by Gasteiger charge is -2.37. The van der Waals surface area contributed by atoms with Gasteiger partial charge < -0.3 is 19.9 Å². The van der Waals surface area contributed by atoms with Crippen LogP contribution in [0.15, 0.2) is 134 Å². The van der Waals surface area contributed by atoms with Crippen LogP contribution in [0.2, 0.25) is 0 Å². The van der Waals surface area contributed by atoms with Crippen molar-refractivity contribution in [3.8, 4) is 0 Å². The molecule has 8 heteroatoms. The van der Waals surface area contributed by atoms with Gasteiger partial charge in [0.1, 0.15) is 5.54 Å². The van der Waals surface area contributed by atoms with E-state index in [0.717, 1.165) is 59.6 Å². The normalized spacial score (nSPS) is 18.4. The molecule has 0 radical (unpaired) electrons. The van der Waals surface area contributed by atoms with Crippen LogP contribution in [0.5, 0.6) is 0 Å². The molecule has 2 aliphatic heterocycles. The molecule has 0 spiro atoms. The summed E-state index contributed by atoms with van der Waals surface area (Å²) < 4.78 is 7.91. The van der Waals surface area contributed by atoms with E-state index in [1.807, 2.05) is 12.3 Å². The number of carbonyl (C=O) groups excluding carboxylic acids is 1. The van der Waals surface area contributed by atoms with Gasteiger partial charge in [0.25, 0.3) is 0 Å². The number of benzene rings is 4. The molecule has 2 aromatic heterocycles. The number of ether oxygens (including phenoxy) is 1. The SMILES string of the molecule is CN1C[C@H](NC(=O)Cc2cc3c(cn2)c(N2CCOCC2)nn3C(c2ccccc2)(c2ccccc2)c2ccccc2)[C@@H](c2ccccc2)C1. The van der Waals surface area contributed by atoms with Gasteiger partial charge in [-0.05, 0) is 35.4 Å². The lowest BCUT2D eigenvalue weighted by Crippen LogP contribution is -2.40. The van der Waals surface area contributed by atoms with Gasteiger partial charge in [-0.25, -0.2) is 4.68 Å². The number of nitrogens with one attached hydrogen (secondary N) is 1. The molecule has 2 saturated heterocycles. The fourth-order valence-electron chi connectivity index (χ4n) is 7.91. The highest BCUT2D eigenvalue weighted by Gasteiger charge is 2.41. The second kappa shape index (κ2) is 13.9.